The van der Waals surface area contributed by atoms with Crippen molar-refractivity contribution in [1.82, 2.24) is 0 Å². The summed E-state index contributed by atoms with van der Waals surface area (Å²) in [4.78, 5) is 0. The van der Waals surface area contributed by atoms with Gasteiger partial charge in [-0.15, -0.1) is 6.58 Å². The van der Waals surface area contributed by atoms with E-state index in [1.165, 1.54) is 0 Å². The summed E-state index contributed by atoms with van der Waals surface area (Å²) >= 11 is 0. The Labute approximate surface area is 130 Å². The van der Waals surface area contributed by atoms with E-state index in [4.69, 9.17) is 14.2 Å². The Morgan fingerprint density at radius 3 is 2.50 bits per heavy atom. The summed E-state index contributed by atoms with van der Waals surface area (Å²) in [6, 6.07) is 0. The molecule has 0 bridgehead atoms. The predicted molar refractivity (Wildman–Crippen MR) is 78.1 cm³/mol. The molecule has 1 unspecified atom stereocenters. The van der Waals surface area contributed by atoms with E-state index in [0.717, 1.165) is 32.1 Å². The van der Waals surface area contributed by atoms with Gasteiger partial charge in [-0.05, 0) is 19.3 Å². The molecule has 0 aromatic rings. The average Bonchev–Trinajstić information content (AvgIpc) is 2.89. The maximum absolute atomic E-state index is 10.5. The van der Waals surface area contributed by atoms with Crippen LogP contribution in [0.1, 0.15) is 38.5 Å². The monoisotopic (exact) mass is 314 g/mol. The zero-order valence-corrected chi connectivity index (χ0v) is 12.8. The smallest absolute Gasteiger partial charge is 0.169 e. The molecule has 6 nitrogen and oxygen atoms in total. The van der Waals surface area contributed by atoms with Crippen molar-refractivity contribution in [3.05, 3.63) is 12.7 Å². The van der Waals surface area contributed by atoms with Crippen molar-refractivity contribution in [2.45, 2.75) is 80.9 Å². The summed E-state index contributed by atoms with van der Waals surface area (Å²) in [5, 5.41) is 29.9. The zero-order chi connectivity index (χ0) is 15.7. The molecule has 0 radical (unpaired) electrons. The first-order valence-electron chi connectivity index (χ1n) is 8.19. The van der Waals surface area contributed by atoms with Crippen LogP contribution >= 0.6 is 0 Å². The predicted octanol–water partition coefficient (Wildman–Crippen LogP) is 0.488. The van der Waals surface area contributed by atoms with Gasteiger partial charge in [0.2, 0.25) is 0 Å². The molecule has 0 amide bonds. The van der Waals surface area contributed by atoms with Gasteiger partial charge < -0.3 is 29.5 Å². The number of aliphatic hydroxyl groups excluding tert-OH is 3. The lowest BCUT2D eigenvalue weighted by atomic mass is 9.91. The summed E-state index contributed by atoms with van der Waals surface area (Å²) < 4.78 is 18.1. The molecule has 2 aliphatic heterocycles. The Bertz CT molecular complexity index is 394. The Morgan fingerprint density at radius 1 is 1.18 bits per heavy atom. The van der Waals surface area contributed by atoms with Crippen LogP contribution in [-0.2, 0) is 14.2 Å². The minimum atomic E-state index is -1.06. The molecule has 0 aromatic heterocycles. The van der Waals surface area contributed by atoms with Crippen LogP contribution in [0.15, 0.2) is 12.7 Å². The zero-order valence-electron chi connectivity index (χ0n) is 12.8. The number of aliphatic hydroxyl groups is 3. The van der Waals surface area contributed by atoms with E-state index in [9.17, 15) is 15.3 Å². The van der Waals surface area contributed by atoms with Crippen molar-refractivity contribution in [2.75, 3.05) is 6.61 Å². The van der Waals surface area contributed by atoms with Gasteiger partial charge in [0.05, 0.1) is 12.7 Å². The van der Waals surface area contributed by atoms with Crippen LogP contribution in [0.3, 0.4) is 0 Å². The number of ether oxygens (including phenoxy) is 3. The van der Waals surface area contributed by atoms with Crippen LogP contribution in [0.5, 0.6) is 0 Å². The lowest BCUT2D eigenvalue weighted by Crippen LogP contribution is -2.59. The normalized spacial score (nSPS) is 42.0. The summed E-state index contributed by atoms with van der Waals surface area (Å²) in [6.45, 7) is 3.26. The maximum Gasteiger partial charge on any atom is 0.169 e. The first kappa shape index (κ1) is 16.4. The third kappa shape index (κ3) is 2.84. The van der Waals surface area contributed by atoms with Crippen LogP contribution in [0, 0.1) is 0 Å². The molecule has 3 rings (SSSR count). The number of rotatable bonds is 4. The van der Waals surface area contributed by atoms with E-state index in [1.807, 2.05) is 0 Å². The number of fused-ring (bicyclic) bond motifs is 1. The Morgan fingerprint density at radius 2 is 1.86 bits per heavy atom. The molecule has 126 valence electrons. The van der Waals surface area contributed by atoms with Crippen LogP contribution in [0.4, 0.5) is 0 Å². The first-order chi connectivity index (χ1) is 10.6. The Kier molecular flexibility index (Phi) is 4.87. The van der Waals surface area contributed by atoms with Gasteiger partial charge in [-0.1, -0.05) is 12.5 Å². The van der Waals surface area contributed by atoms with Crippen molar-refractivity contribution in [1.29, 1.82) is 0 Å². The van der Waals surface area contributed by atoms with Crippen molar-refractivity contribution in [2.24, 2.45) is 0 Å². The second-order valence-electron chi connectivity index (χ2n) is 6.54. The molecule has 0 aromatic carbocycles. The van der Waals surface area contributed by atoms with Gasteiger partial charge in [-0.3, -0.25) is 0 Å². The molecule has 1 aliphatic carbocycles. The maximum atomic E-state index is 10.5. The third-order valence-electron chi connectivity index (χ3n) is 4.98. The molecule has 6 heteroatoms. The summed E-state index contributed by atoms with van der Waals surface area (Å²) in [6.07, 6.45) is 2.72. The quantitative estimate of drug-likeness (QED) is 0.655. The molecule has 22 heavy (non-hydrogen) atoms. The average molecular weight is 314 g/mol. The minimum Gasteiger partial charge on any atom is -0.394 e. The van der Waals surface area contributed by atoms with Crippen molar-refractivity contribution in [3.63, 3.8) is 0 Å². The molecule has 3 aliphatic rings. The van der Waals surface area contributed by atoms with E-state index in [1.54, 1.807) is 6.08 Å². The summed E-state index contributed by atoms with van der Waals surface area (Å²) in [7, 11) is 0. The standard InChI is InChI=1S/C16H26O6/c1-2-6-11-12(19)14-15(13(20-11)10(18)9-17)22-16(21-14)7-4-3-5-8-16/h2,10-15,17-19H,1,3-9H2/t10-,11+,12+,13+,14+,15?/m1/s1. The second-order valence-corrected chi connectivity index (χ2v) is 6.54. The van der Waals surface area contributed by atoms with Crippen LogP contribution in [0.25, 0.3) is 0 Å². The molecule has 3 N–H and O–H groups in total. The summed E-state index contributed by atoms with van der Waals surface area (Å²) in [5.41, 5.74) is 0. The van der Waals surface area contributed by atoms with E-state index >= 15 is 0 Å². The number of hydrogen-bond donors (Lipinski definition) is 3. The highest BCUT2D eigenvalue weighted by atomic mass is 16.8. The van der Waals surface area contributed by atoms with Gasteiger partial charge in [-0.25, -0.2) is 0 Å². The van der Waals surface area contributed by atoms with Gasteiger partial charge >= 0.3 is 0 Å². The van der Waals surface area contributed by atoms with Gasteiger partial charge in [-0.2, -0.15) is 0 Å². The Hall–Kier alpha value is -0.500. The van der Waals surface area contributed by atoms with Crippen molar-refractivity contribution >= 4 is 0 Å². The molecular formula is C16H26O6. The molecule has 6 atom stereocenters. The lowest BCUT2D eigenvalue weighted by Gasteiger charge is -2.41. The van der Waals surface area contributed by atoms with E-state index < -0.39 is 49.0 Å². The topological polar surface area (TPSA) is 88.4 Å². The first-order valence-corrected chi connectivity index (χ1v) is 8.19. The molecule has 1 saturated carbocycles. The molecule has 2 saturated heterocycles. The highest BCUT2D eigenvalue weighted by Crippen LogP contribution is 2.45. The van der Waals surface area contributed by atoms with Gasteiger partial charge in [0.25, 0.3) is 0 Å². The third-order valence-corrected chi connectivity index (χ3v) is 4.98. The largest absolute Gasteiger partial charge is 0.394 e. The highest BCUT2D eigenvalue weighted by molar-refractivity contribution is 5.03. The fourth-order valence-electron chi connectivity index (χ4n) is 3.85. The van der Waals surface area contributed by atoms with Crippen LogP contribution in [0.2, 0.25) is 0 Å². The van der Waals surface area contributed by atoms with Gasteiger partial charge in [0, 0.05) is 12.8 Å². The molecule has 2 heterocycles. The molecular weight excluding hydrogens is 288 g/mol. The fraction of sp³-hybridized carbons (Fsp3) is 0.875. The van der Waals surface area contributed by atoms with Crippen LogP contribution in [-0.4, -0.2) is 64.3 Å². The SMILES string of the molecule is C=CC[C@@H]1O[C@@H]([C@H](O)CO)C2OC3(CCCCC3)O[C@H]2[C@H]1O. The number of hydrogen-bond acceptors (Lipinski definition) is 6. The van der Waals surface area contributed by atoms with Gasteiger partial charge in [0.15, 0.2) is 5.79 Å². The fourth-order valence-corrected chi connectivity index (χ4v) is 3.85. The minimum absolute atomic E-state index is 0.416. The molecule has 1 spiro atoms. The van der Waals surface area contributed by atoms with E-state index in [2.05, 4.69) is 6.58 Å². The van der Waals surface area contributed by atoms with E-state index in [0.29, 0.717) is 6.42 Å². The van der Waals surface area contributed by atoms with Crippen molar-refractivity contribution < 1.29 is 29.5 Å². The Balaban J connectivity index is 1.82. The van der Waals surface area contributed by atoms with Crippen molar-refractivity contribution in [3.8, 4) is 0 Å². The molecule has 3 fully saturated rings. The lowest BCUT2D eigenvalue weighted by molar-refractivity contribution is -0.217. The second kappa shape index (κ2) is 6.55. The van der Waals surface area contributed by atoms with Gasteiger partial charge in [0.1, 0.15) is 30.5 Å². The van der Waals surface area contributed by atoms with Crippen LogP contribution < -0.4 is 0 Å². The summed E-state index contributed by atoms with van der Waals surface area (Å²) in [5.74, 6) is -0.672. The van der Waals surface area contributed by atoms with E-state index in [-0.39, 0.29) is 0 Å². The highest BCUT2D eigenvalue weighted by Gasteiger charge is 2.58.